The highest BCUT2D eigenvalue weighted by molar-refractivity contribution is 7.91. The molecule has 1 fully saturated rings. The zero-order valence-electron chi connectivity index (χ0n) is 11.8. The molecule has 1 aliphatic rings. The summed E-state index contributed by atoms with van der Waals surface area (Å²) in [6, 6.07) is 10.3. The van der Waals surface area contributed by atoms with Crippen LogP contribution in [0.1, 0.15) is 18.4 Å². The third kappa shape index (κ3) is 3.64. The lowest BCUT2D eigenvalue weighted by molar-refractivity contribution is 0.559. The van der Waals surface area contributed by atoms with E-state index in [-0.39, 0.29) is 17.5 Å². The van der Waals surface area contributed by atoms with E-state index >= 15 is 0 Å². The van der Waals surface area contributed by atoms with Crippen LogP contribution in [-0.2, 0) is 16.4 Å². The van der Waals surface area contributed by atoms with Gasteiger partial charge in [-0.2, -0.15) is 5.10 Å². The zero-order chi connectivity index (χ0) is 14.7. The second-order valence-corrected chi connectivity index (χ2v) is 7.73. The van der Waals surface area contributed by atoms with E-state index in [0.717, 1.165) is 11.3 Å². The SMILES string of the molecule is O=S1(=O)CCC(Nc2ccccc2Cn2cccn2)CC1. The summed E-state index contributed by atoms with van der Waals surface area (Å²) in [6.45, 7) is 0.710. The average Bonchev–Trinajstić information content (AvgIpc) is 2.96. The zero-order valence-corrected chi connectivity index (χ0v) is 12.6. The van der Waals surface area contributed by atoms with Gasteiger partial charge in [-0.25, -0.2) is 8.42 Å². The van der Waals surface area contributed by atoms with Gasteiger partial charge in [-0.1, -0.05) is 18.2 Å². The maximum atomic E-state index is 11.5. The summed E-state index contributed by atoms with van der Waals surface area (Å²) in [5.41, 5.74) is 2.23. The largest absolute Gasteiger partial charge is 0.382 e. The van der Waals surface area contributed by atoms with Crippen molar-refractivity contribution in [3.8, 4) is 0 Å². The van der Waals surface area contributed by atoms with Gasteiger partial charge >= 0.3 is 0 Å². The van der Waals surface area contributed by atoms with Crippen molar-refractivity contribution < 1.29 is 8.42 Å². The molecule has 2 heterocycles. The highest BCUT2D eigenvalue weighted by Crippen LogP contribution is 2.21. The van der Waals surface area contributed by atoms with Crippen LogP contribution in [0.4, 0.5) is 5.69 Å². The maximum Gasteiger partial charge on any atom is 0.150 e. The molecule has 6 heteroatoms. The standard InChI is InChI=1S/C15H19N3O2S/c19-21(20)10-6-14(7-11-21)17-15-5-2-1-4-13(15)12-18-9-3-8-16-18/h1-5,8-9,14,17H,6-7,10-12H2. The predicted octanol–water partition coefficient (Wildman–Crippen LogP) is 1.92. The van der Waals surface area contributed by atoms with E-state index in [9.17, 15) is 8.42 Å². The normalized spacial score (nSPS) is 18.5. The van der Waals surface area contributed by atoms with Gasteiger partial charge in [-0.05, 0) is 30.5 Å². The summed E-state index contributed by atoms with van der Waals surface area (Å²) in [4.78, 5) is 0. The van der Waals surface area contributed by atoms with Crippen molar-refractivity contribution in [2.45, 2.75) is 25.4 Å². The van der Waals surface area contributed by atoms with Crippen molar-refractivity contribution in [2.75, 3.05) is 16.8 Å². The Labute approximate surface area is 124 Å². The molecule has 2 aromatic rings. The molecule has 0 unspecified atom stereocenters. The molecule has 0 radical (unpaired) electrons. The van der Waals surface area contributed by atoms with Crippen molar-refractivity contribution in [3.05, 3.63) is 48.3 Å². The molecule has 0 bridgehead atoms. The Morgan fingerprint density at radius 2 is 1.95 bits per heavy atom. The Morgan fingerprint density at radius 3 is 2.67 bits per heavy atom. The number of benzene rings is 1. The van der Waals surface area contributed by atoms with Gasteiger partial charge in [-0.15, -0.1) is 0 Å². The van der Waals surface area contributed by atoms with Crippen molar-refractivity contribution in [1.82, 2.24) is 9.78 Å². The second-order valence-electron chi connectivity index (χ2n) is 5.43. The minimum atomic E-state index is -2.81. The number of hydrogen-bond donors (Lipinski definition) is 1. The van der Waals surface area contributed by atoms with Gasteiger partial charge in [0.2, 0.25) is 0 Å². The third-order valence-corrected chi connectivity index (χ3v) is 5.54. The quantitative estimate of drug-likeness (QED) is 0.937. The van der Waals surface area contributed by atoms with E-state index in [1.165, 1.54) is 0 Å². The Bertz CT molecular complexity index is 681. The molecule has 0 saturated carbocycles. The Hall–Kier alpha value is -1.82. The second kappa shape index (κ2) is 5.89. The Morgan fingerprint density at radius 1 is 1.19 bits per heavy atom. The highest BCUT2D eigenvalue weighted by Gasteiger charge is 2.23. The Kier molecular flexibility index (Phi) is 3.96. The van der Waals surface area contributed by atoms with Crippen LogP contribution in [0.15, 0.2) is 42.7 Å². The van der Waals surface area contributed by atoms with E-state index in [1.807, 2.05) is 35.1 Å². The number of para-hydroxylation sites is 1. The summed E-state index contributed by atoms with van der Waals surface area (Å²) in [5.74, 6) is 0.567. The molecule has 0 spiro atoms. The number of rotatable bonds is 4. The molecular weight excluding hydrogens is 286 g/mol. The molecule has 1 aromatic carbocycles. The molecule has 0 atom stereocenters. The smallest absolute Gasteiger partial charge is 0.150 e. The third-order valence-electron chi connectivity index (χ3n) is 3.82. The van der Waals surface area contributed by atoms with Crippen LogP contribution in [0, 0.1) is 0 Å². The van der Waals surface area contributed by atoms with Gasteiger partial charge in [0.1, 0.15) is 9.84 Å². The number of hydrogen-bond acceptors (Lipinski definition) is 4. The molecule has 1 aliphatic heterocycles. The van der Waals surface area contributed by atoms with E-state index < -0.39 is 9.84 Å². The fourth-order valence-corrected chi connectivity index (χ4v) is 4.11. The lowest BCUT2D eigenvalue weighted by Crippen LogP contribution is -2.32. The van der Waals surface area contributed by atoms with Gasteiger partial charge in [0.25, 0.3) is 0 Å². The molecule has 3 rings (SSSR count). The first-order valence-corrected chi connectivity index (χ1v) is 8.97. The molecular formula is C15H19N3O2S. The van der Waals surface area contributed by atoms with Crippen LogP contribution in [0.2, 0.25) is 0 Å². The lowest BCUT2D eigenvalue weighted by Gasteiger charge is -2.25. The summed E-state index contributed by atoms with van der Waals surface area (Å²) in [6.07, 6.45) is 5.06. The van der Waals surface area contributed by atoms with Gasteiger partial charge in [0.15, 0.2) is 0 Å². The fourth-order valence-electron chi connectivity index (χ4n) is 2.62. The average molecular weight is 305 g/mol. The Balaban J connectivity index is 1.71. The van der Waals surface area contributed by atoms with Crippen LogP contribution >= 0.6 is 0 Å². The fraction of sp³-hybridized carbons (Fsp3) is 0.400. The topological polar surface area (TPSA) is 64.0 Å². The van der Waals surface area contributed by atoms with E-state index in [0.29, 0.717) is 19.4 Å². The van der Waals surface area contributed by atoms with Crippen LogP contribution in [0.3, 0.4) is 0 Å². The molecule has 0 amide bonds. The lowest BCUT2D eigenvalue weighted by atomic mass is 10.1. The van der Waals surface area contributed by atoms with Gasteiger partial charge < -0.3 is 5.32 Å². The molecule has 0 aliphatic carbocycles. The minimum absolute atomic E-state index is 0.229. The number of sulfone groups is 1. The van der Waals surface area contributed by atoms with Crippen LogP contribution < -0.4 is 5.32 Å². The number of nitrogens with zero attached hydrogens (tertiary/aromatic N) is 2. The first-order chi connectivity index (χ1) is 10.1. The first-order valence-electron chi connectivity index (χ1n) is 7.15. The minimum Gasteiger partial charge on any atom is -0.382 e. The summed E-state index contributed by atoms with van der Waals surface area (Å²) in [7, 11) is -2.81. The number of anilines is 1. The monoisotopic (exact) mass is 305 g/mol. The van der Waals surface area contributed by atoms with Crippen molar-refractivity contribution in [1.29, 1.82) is 0 Å². The summed E-state index contributed by atoms with van der Waals surface area (Å²) < 4.78 is 24.9. The van der Waals surface area contributed by atoms with Gasteiger partial charge in [0, 0.05) is 24.1 Å². The molecule has 112 valence electrons. The maximum absolute atomic E-state index is 11.5. The van der Waals surface area contributed by atoms with Crippen molar-refractivity contribution >= 4 is 15.5 Å². The predicted molar refractivity (Wildman–Crippen MR) is 83.1 cm³/mol. The number of nitrogens with one attached hydrogen (secondary N) is 1. The van der Waals surface area contributed by atoms with Crippen molar-refractivity contribution in [3.63, 3.8) is 0 Å². The van der Waals surface area contributed by atoms with E-state index in [2.05, 4.69) is 16.5 Å². The van der Waals surface area contributed by atoms with E-state index in [1.54, 1.807) is 6.20 Å². The highest BCUT2D eigenvalue weighted by atomic mass is 32.2. The molecule has 1 N–H and O–H groups in total. The molecule has 1 aromatic heterocycles. The van der Waals surface area contributed by atoms with Gasteiger partial charge in [-0.3, -0.25) is 4.68 Å². The van der Waals surface area contributed by atoms with Crippen LogP contribution in [0.5, 0.6) is 0 Å². The summed E-state index contributed by atoms with van der Waals surface area (Å²) >= 11 is 0. The first kappa shape index (κ1) is 14.1. The summed E-state index contributed by atoms with van der Waals surface area (Å²) in [5, 5.41) is 7.72. The van der Waals surface area contributed by atoms with Gasteiger partial charge in [0.05, 0.1) is 18.1 Å². The van der Waals surface area contributed by atoms with Crippen LogP contribution in [-0.4, -0.2) is 35.7 Å². The molecule has 5 nitrogen and oxygen atoms in total. The van der Waals surface area contributed by atoms with Crippen LogP contribution in [0.25, 0.3) is 0 Å². The van der Waals surface area contributed by atoms with Crippen molar-refractivity contribution in [2.24, 2.45) is 0 Å². The van der Waals surface area contributed by atoms with E-state index in [4.69, 9.17) is 0 Å². The number of aromatic nitrogens is 2. The molecule has 1 saturated heterocycles. The molecule has 21 heavy (non-hydrogen) atoms.